The van der Waals surface area contributed by atoms with Gasteiger partial charge in [-0.1, -0.05) is 33.6 Å². The van der Waals surface area contributed by atoms with Crippen molar-refractivity contribution in [2.24, 2.45) is 0 Å². The van der Waals surface area contributed by atoms with Crippen molar-refractivity contribution in [3.63, 3.8) is 0 Å². The summed E-state index contributed by atoms with van der Waals surface area (Å²) in [5.74, 6) is -0.726. The van der Waals surface area contributed by atoms with Crippen molar-refractivity contribution in [2.45, 2.75) is 58.8 Å². The SMILES string of the molecule is CCCCC(C)(CC)c1cc(C(=O)O)c(C)cc1O. The standard InChI is InChI=1S/C16H24O3/c1-5-7-8-16(4,6-2)13-10-12(15(18)19)11(3)9-14(13)17/h9-10,17H,5-8H2,1-4H3,(H,18,19). The molecule has 1 aromatic carbocycles. The Kier molecular flexibility index (Phi) is 4.98. The zero-order valence-electron chi connectivity index (χ0n) is 12.3. The van der Waals surface area contributed by atoms with Crippen LogP contribution in [-0.2, 0) is 5.41 Å². The first-order chi connectivity index (χ1) is 8.85. The van der Waals surface area contributed by atoms with Crippen LogP contribution in [-0.4, -0.2) is 16.2 Å². The predicted octanol–water partition coefficient (Wildman–Crippen LogP) is 4.26. The highest BCUT2D eigenvalue weighted by Crippen LogP contribution is 2.39. The number of benzene rings is 1. The molecular weight excluding hydrogens is 240 g/mol. The van der Waals surface area contributed by atoms with Gasteiger partial charge in [0.1, 0.15) is 5.75 Å². The zero-order chi connectivity index (χ0) is 14.6. The zero-order valence-corrected chi connectivity index (χ0v) is 12.3. The third kappa shape index (κ3) is 3.28. The molecule has 1 rings (SSSR count). The molecular formula is C16H24O3. The van der Waals surface area contributed by atoms with Crippen LogP contribution in [0.5, 0.6) is 5.75 Å². The van der Waals surface area contributed by atoms with Crippen LogP contribution in [0.2, 0.25) is 0 Å². The van der Waals surface area contributed by atoms with Crippen molar-refractivity contribution in [3.05, 3.63) is 28.8 Å². The Morgan fingerprint density at radius 1 is 1.32 bits per heavy atom. The number of aryl methyl sites for hydroxylation is 1. The van der Waals surface area contributed by atoms with Gasteiger partial charge >= 0.3 is 5.97 Å². The summed E-state index contributed by atoms with van der Waals surface area (Å²) in [5.41, 5.74) is 1.47. The molecule has 0 radical (unpaired) electrons. The largest absolute Gasteiger partial charge is 0.508 e. The lowest BCUT2D eigenvalue weighted by Gasteiger charge is -2.30. The van der Waals surface area contributed by atoms with Gasteiger partial charge in [0, 0.05) is 5.56 Å². The fourth-order valence-corrected chi connectivity index (χ4v) is 2.48. The van der Waals surface area contributed by atoms with Gasteiger partial charge in [-0.15, -0.1) is 0 Å². The van der Waals surface area contributed by atoms with Crippen LogP contribution >= 0.6 is 0 Å². The smallest absolute Gasteiger partial charge is 0.335 e. The molecule has 1 aromatic rings. The maximum atomic E-state index is 11.2. The van der Waals surface area contributed by atoms with E-state index in [1.165, 1.54) is 0 Å². The summed E-state index contributed by atoms with van der Waals surface area (Å²) < 4.78 is 0. The molecule has 0 aliphatic carbocycles. The molecule has 1 unspecified atom stereocenters. The van der Waals surface area contributed by atoms with E-state index in [9.17, 15) is 15.0 Å². The first-order valence-electron chi connectivity index (χ1n) is 6.93. The van der Waals surface area contributed by atoms with Crippen molar-refractivity contribution >= 4 is 5.97 Å². The van der Waals surface area contributed by atoms with Crippen LogP contribution in [0.4, 0.5) is 0 Å². The second kappa shape index (κ2) is 6.09. The van der Waals surface area contributed by atoms with Gasteiger partial charge in [0.15, 0.2) is 0 Å². The van der Waals surface area contributed by atoms with E-state index in [1.807, 2.05) is 0 Å². The molecule has 0 saturated heterocycles. The van der Waals surface area contributed by atoms with Crippen LogP contribution in [0.3, 0.4) is 0 Å². The maximum Gasteiger partial charge on any atom is 0.335 e. The van der Waals surface area contributed by atoms with E-state index >= 15 is 0 Å². The lowest BCUT2D eigenvalue weighted by Crippen LogP contribution is -2.22. The Morgan fingerprint density at radius 2 is 1.95 bits per heavy atom. The molecule has 0 heterocycles. The van der Waals surface area contributed by atoms with Crippen LogP contribution < -0.4 is 0 Å². The summed E-state index contributed by atoms with van der Waals surface area (Å²) >= 11 is 0. The summed E-state index contributed by atoms with van der Waals surface area (Å²) in [5, 5.41) is 19.4. The average molecular weight is 264 g/mol. The molecule has 0 spiro atoms. The Labute approximate surface area is 115 Å². The van der Waals surface area contributed by atoms with Crippen molar-refractivity contribution in [1.29, 1.82) is 0 Å². The van der Waals surface area contributed by atoms with Gasteiger partial charge in [-0.2, -0.15) is 0 Å². The fraction of sp³-hybridized carbons (Fsp3) is 0.562. The number of aromatic carboxylic acids is 1. The summed E-state index contributed by atoms with van der Waals surface area (Å²) in [6.07, 6.45) is 3.99. The molecule has 106 valence electrons. The third-order valence-electron chi connectivity index (χ3n) is 4.09. The van der Waals surface area contributed by atoms with Crippen molar-refractivity contribution < 1.29 is 15.0 Å². The molecule has 0 fully saturated rings. The topological polar surface area (TPSA) is 57.5 Å². The monoisotopic (exact) mass is 264 g/mol. The van der Waals surface area contributed by atoms with Gasteiger partial charge in [0.05, 0.1) is 5.56 Å². The Morgan fingerprint density at radius 3 is 2.42 bits per heavy atom. The quantitative estimate of drug-likeness (QED) is 0.807. The van der Waals surface area contributed by atoms with E-state index < -0.39 is 5.97 Å². The number of hydrogen-bond donors (Lipinski definition) is 2. The highest BCUT2D eigenvalue weighted by atomic mass is 16.4. The second-order valence-electron chi connectivity index (χ2n) is 5.51. The number of rotatable bonds is 6. The lowest BCUT2D eigenvalue weighted by molar-refractivity contribution is 0.0696. The van der Waals surface area contributed by atoms with Crippen molar-refractivity contribution in [2.75, 3.05) is 0 Å². The molecule has 0 aromatic heterocycles. The third-order valence-corrected chi connectivity index (χ3v) is 4.09. The molecule has 1 atom stereocenters. The van der Waals surface area contributed by atoms with Crippen LogP contribution in [0.1, 0.15) is 67.9 Å². The molecule has 0 aliphatic heterocycles. The van der Waals surface area contributed by atoms with E-state index in [4.69, 9.17) is 0 Å². The number of carboxylic acids is 1. The number of carboxylic acid groups (broad SMARTS) is 1. The van der Waals surface area contributed by atoms with Gasteiger partial charge in [-0.3, -0.25) is 0 Å². The Balaban J connectivity index is 3.31. The van der Waals surface area contributed by atoms with Gasteiger partial charge in [0.25, 0.3) is 0 Å². The number of phenolic OH excluding ortho intramolecular Hbond substituents is 1. The van der Waals surface area contributed by atoms with Gasteiger partial charge in [-0.05, 0) is 42.9 Å². The average Bonchev–Trinajstić information content (AvgIpc) is 2.35. The first kappa shape index (κ1) is 15.5. The summed E-state index contributed by atoms with van der Waals surface area (Å²) in [7, 11) is 0. The van der Waals surface area contributed by atoms with Crippen molar-refractivity contribution in [3.8, 4) is 5.75 Å². The fourth-order valence-electron chi connectivity index (χ4n) is 2.48. The molecule has 19 heavy (non-hydrogen) atoms. The number of carbonyl (C=O) groups is 1. The van der Waals surface area contributed by atoms with Crippen LogP contribution in [0, 0.1) is 6.92 Å². The van der Waals surface area contributed by atoms with E-state index in [0.717, 1.165) is 31.2 Å². The number of phenols is 1. The van der Waals surface area contributed by atoms with Gasteiger partial charge < -0.3 is 10.2 Å². The molecule has 0 saturated carbocycles. The molecule has 3 heteroatoms. The van der Waals surface area contributed by atoms with Gasteiger partial charge in [-0.25, -0.2) is 4.79 Å². The van der Waals surface area contributed by atoms with Crippen LogP contribution in [0.15, 0.2) is 12.1 Å². The predicted molar refractivity (Wildman–Crippen MR) is 77.0 cm³/mol. The summed E-state index contributed by atoms with van der Waals surface area (Å²) in [6.45, 7) is 8.02. The Hall–Kier alpha value is -1.51. The highest BCUT2D eigenvalue weighted by molar-refractivity contribution is 5.90. The van der Waals surface area contributed by atoms with E-state index in [-0.39, 0.29) is 16.7 Å². The van der Waals surface area contributed by atoms with Gasteiger partial charge in [0.2, 0.25) is 0 Å². The van der Waals surface area contributed by atoms with E-state index in [2.05, 4.69) is 20.8 Å². The molecule has 2 N–H and O–H groups in total. The number of hydrogen-bond acceptors (Lipinski definition) is 2. The number of aromatic hydroxyl groups is 1. The van der Waals surface area contributed by atoms with E-state index in [1.54, 1.807) is 19.1 Å². The van der Waals surface area contributed by atoms with Crippen LogP contribution in [0.25, 0.3) is 0 Å². The lowest BCUT2D eigenvalue weighted by atomic mass is 9.75. The minimum absolute atomic E-state index is 0.169. The summed E-state index contributed by atoms with van der Waals surface area (Å²) in [4.78, 5) is 11.2. The first-order valence-corrected chi connectivity index (χ1v) is 6.93. The summed E-state index contributed by atoms with van der Waals surface area (Å²) in [6, 6.07) is 3.21. The minimum Gasteiger partial charge on any atom is -0.508 e. The molecule has 0 aliphatic rings. The minimum atomic E-state index is -0.937. The molecule has 0 amide bonds. The molecule has 3 nitrogen and oxygen atoms in total. The van der Waals surface area contributed by atoms with E-state index in [0.29, 0.717) is 5.56 Å². The second-order valence-corrected chi connectivity index (χ2v) is 5.51. The molecule has 0 bridgehead atoms. The normalized spacial score (nSPS) is 14.1. The Bertz CT molecular complexity index is 465. The number of unbranched alkanes of at least 4 members (excludes halogenated alkanes) is 1. The maximum absolute atomic E-state index is 11.2. The van der Waals surface area contributed by atoms with Crippen molar-refractivity contribution in [1.82, 2.24) is 0 Å². The highest BCUT2D eigenvalue weighted by Gasteiger charge is 2.28.